The summed E-state index contributed by atoms with van der Waals surface area (Å²) in [6.07, 6.45) is 0. The molecule has 2 unspecified atom stereocenters. The normalized spacial score (nSPS) is 20.6. The van der Waals surface area contributed by atoms with Crippen molar-refractivity contribution < 1.29 is 32.8 Å². The number of fused-ring (bicyclic) bond motifs is 2. The van der Waals surface area contributed by atoms with Crippen molar-refractivity contribution in [2.24, 2.45) is 0 Å². The maximum absolute atomic E-state index is 14.3. The molecule has 0 aromatic heterocycles. The van der Waals surface area contributed by atoms with Crippen LogP contribution in [0.3, 0.4) is 0 Å². The van der Waals surface area contributed by atoms with Gasteiger partial charge < -0.3 is 14.7 Å². The molecule has 2 aliphatic heterocycles. The summed E-state index contributed by atoms with van der Waals surface area (Å²) in [5, 5.41) is 9.07. The van der Waals surface area contributed by atoms with Crippen LogP contribution in [0, 0.1) is 5.82 Å². The first-order chi connectivity index (χ1) is 18.4. The highest BCUT2D eigenvalue weighted by Gasteiger charge is 2.65. The topological polar surface area (TPSA) is 104 Å². The molecule has 2 atom stereocenters. The van der Waals surface area contributed by atoms with Crippen LogP contribution in [0.1, 0.15) is 37.5 Å². The second-order valence-corrected chi connectivity index (χ2v) is 12.1. The quantitative estimate of drug-likeness (QED) is 0.496. The largest absolute Gasteiger partial charge is 0.482 e. The first-order valence-electron chi connectivity index (χ1n) is 12.3. The molecule has 2 heterocycles. The molecule has 3 aromatic rings. The first-order valence-corrected chi connectivity index (χ1v) is 13.6. The highest BCUT2D eigenvalue weighted by atomic mass is 32.2. The zero-order valence-corrected chi connectivity index (χ0v) is 22.5. The van der Waals surface area contributed by atoms with Crippen LogP contribution >= 0.6 is 0 Å². The highest BCUT2D eigenvalue weighted by molar-refractivity contribution is 7.88. The van der Waals surface area contributed by atoms with E-state index in [0.29, 0.717) is 16.9 Å². The van der Waals surface area contributed by atoms with Gasteiger partial charge in [0, 0.05) is 11.3 Å². The summed E-state index contributed by atoms with van der Waals surface area (Å²) >= 11 is 0. The molecule has 5 rings (SSSR count). The molecule has 1 saturated heterocycles. The van der Waals surface area contributed by atoms with E-state index in [9.17, 15) is 23.0 Å². The van der Waals surface area contributed by atoms with E-state index in [2.05, 4.69) is 20.8 Å². The van der Waals surface area contributed by atoms with E-state index < -0.39 is 45.9 Å². The second-order valence-electron chi connectivity index (χ2n) is 10.5. The van der Waals surface area contributed by atoms with Crippen LogP contribution in [0.4, 0.5) is 15.8 Å². The lowest BCUT2D eigenvalue weighted by molar-refractivity contribution is -0.139. The Morgan fingerprint density at radius 3 is 2.33 bits per heavy atom. The Morgan fingerprint density at radius 2 is 1.72 bits per heavy atom. The van der Waals surface area contributed by atoms with Crippen LogP contribution in [-0.4, -0.2) is 39.5 Å². The maximum Gasteiger partial charge on any atom is 0.341 e. The van der Waals surface area contributed by atoms with Crippen molar-refractivity contribution in [2.75, 3.05) is 22.2 Å². The van der Waals surface area contributed by atoms with E-state index in [1.165, 1.54) is 34.1 Å². The van der Waals surface area contributed by atoms with Crippen LogP contribution in [0.2, 0.25) is 0 Å². The number of hydrogen-bond acceptors (Lipinski definition) is 5. The third-order valence-corrected chi connectivity index (χ3v) is 8.66. The summed E-state index contributed by atoms with van der Waals surface area (Å²) in [5.41, 5.74) is 2.61. The SMILES string of the molecule is CC(C)(C)c1ccc(N2C(=O)CS(=O)C23C(=O)N(Cc2ccc(F)cc2)c2ccc(OCC(=O)O)cc23)cc1. The number of hydrogen-bond donors (Lipinski definition) is 1. The standard InChI is InChI=1S/C29H27FN2O6S/c1-28(2,3)19-6-10-21(11-7-19)32-25(33)17-39(37)29(32)23-14-22(38-16-26(34)35)12-13-24(23)31(27(29)36)15-18-4-8-20(30)9-5-18/h4-14H,15-17H2,1-3H3,(H,34,35). The Morgan fingerprint density at radius 1 is 1.05 bits per heavy atom. The van der Waals surface area contributed by atoms with Crippen molar-refractivity contribution in [1.82, 2.24) is 0 Å². The summed E-state index contributed by atoms with van der Waals surface area (Å²) in [7, 11) is -1.98. The molecule has 39 heavy (non-hydrogen) atoms. The number of carbonyl (C=O) groups excluding carboxylic acids is 2. The molecule has 0 radical (unpaired) electrons. The van der Waals surface area contributed by atoms with Gasteiger partial charge in [-0.3, -0.25) is 18.7 Å². The van der Waals surface area contributed by atoms with Gasteiger partial charge in [-0.2, -0.15) is 0 Å². The second kappa shape index (κ2) is 9.60. The smallest absolute Gasteiger partial charge is 0.341 e. The molecular weight excluding hydrogens is 523 g/mol. The number of anilines is 2. The van der Waals surface area contributed by atoms with Gasteiger partial charge in [0.15, 0.2) is 6.61 Å². The average molecular weight is 551 g/mol. The third kappa shape index (κ3) is 4.48. The van der Waals surface area contributed by atoms with Crippen molar-refractivity contribution in [3.8, 4) is 5.75 Å². The Hall–Kier alpha value is -4.05. The minimum atomic E-state index is -1.98. The molecular formula is C29H27FN2O6S. The van der Waals surface area contributed by atoms with E-state index >= 15 is 0 Å². The molecule has 1 spiro atoms. The van der Waals surface area contributed by atoms with Crippen LogP contribution in [0.15, 0.2) is 66.7 Å². The summed E-state index contributed by atoms with van der Waals surface area (Å²) in [4.78, 5) is 39.7. The number of amides is 2. The van der Waals surface area contributed by atoms with Crippen molar-refractivity contribution in [1.29, 1.82) is 0 Å². The van der Waals surface area contributed by atoms with Crippen molar-refractivity contribution in [3.63, 3.8) is 0 Å². The van der Waals surface area contributed by atoms with Crippen LogP contribution in [0.5, 0.6) is 5.75 Å². The van der Waals surface area contributed by atoms with Gasteiger partial charge in [-0.25, -0.2) is 9.18 Å². The Labute approximate surface area is 227 Å². The maximum atomic E-state index is 14.3. The number of aliphatic carboxylic acids is 1. The molecule has 3 aromatic carbocycles. The fourth-order valence-corrected chi connectivity index (χ4v) is 6.71. The molecule has 2 aliphatic rings. The molecule has 202 valence electrons. The number of carboxylic acid groups (broad SMARTS) is 1. The van der Waals surface area contributed by atoms with Gasteiger partial charge in [0.2, 0.25) is 10.8 Å². The van der Waals surface area contributed by atoms with Crippen LogP contribution in [0.25, 0.3) is 0 Å². The fraction of sp³-hybridized carbons (Fsp3) is 0.276. The lowest BCUT2D eigenvalue weighted by atomic mass is 9.87. The van der Waals surface area contributed by atoms with E-state index in [1.807, 2.05) is 12.1 Å². The Balaban J connectivity index is 1.67. The van der Waals surface area contributed by atoms with Gasteiger partial charge in [0.05, 0.1) is 23.0 Å². The minimum Gasteiger partial charge on any atom is -0.482 e. The number of rotatable bonds is 6. The molecule has 0 aliphatic carbocycles. The number of carboxylic acids is 1. The predicted octanol–water partition coefficient (Wildman–Crippen LogP) is 4.08. The lowest BCUT2D eigenvalue weighted by Gasteiger charge is -2.33. The van der Waals surface area contributed by atoms with Crippen molar-refractivity contribution in [3.05, 3.63) is 89.2 Å². The lowest BCUT2D eigenvalue weighted by Crippen LogP contribution is -2.52. The van der Waals surface area contributed by atoms with Gasteiger partial charge in [-0.1, -0.05) is 45.0 Å². The van der Waals surface area contributed by atoms with Crippen LogP contribution < -0.4 is 14.5 Å². The summed E-state index contributed by atoms with van der Waals surface area (Å²) in [6.45, 7) is 5.61. The number of carbonyl (C=O) groups is 3. The number of benzene rings is 3. The van der Waals surface area contributed by atoms with Gasteiger partial charge >= 0.3 is 5.97 Å². The number of ether oxygens (including phenoxy) is 1. The van der Waals surface area contributed by atoms with Gasteiger partial charge in [0.1, 0.15) is 17.3 Å². The Kier molecular flexibility index (Phi) is 6.54. The average Bonchev–Trinajstić information content (AvgIpc) is 3.29. The van der Waals surface area contributed by atoms with Gasteiger partial charge in [0.25, 0.3) is 5.91 Å². The summed E-state index contributed by atoms with van der Waals surface area (Å²) < 4.78 is 32.8. The van der Waals surface area contributed by atoms with Gasteiger partial charge in [-0.15, -0.1) is 0 Å². The first kappa shape index (κ1) is 26.6. The molecule has 10 heteroatoms. The molecule has 0 saturated carbocycles. The third-order valence-electron chi connectivity index (χ3n) is 6.92. The van der Waals surface area contributed by atoms with E-state index in [1.54, 1.807) is 30.3 Å². The number of nitrogens with zero attached hydrogens (tertiary/aromatic N) is 2. The molecule has 1 fully saturated rings. The summed E-state index contributed by atoms with van der Waals surface area (Å²) in [6, 6.07) is 17.5. The molecule has 0 bridgehead atoms. The highest BCUT2D eigenvalue weighted by Crippen LogP contribution is 2.52. The number of halogens is 1. The van der Waals surface area contributed by atoms with E-state index in [0.717, 1.165) is 5.56 Å². The van der Waals surface area contributed by atoms with Gasteiger partial charge in [-0.05, 0) is 59.0 Å². The monoisotopic (exact) mass is 550 g/mol. The van der Waals surface area contributed by atoms with E-state index in [-0.39, 0.29) is 29.0 Å². The Bertz CT molecular complexity index is 1500. The summed E-state index contributed by atoms with van der Waals surface area (Å²) in [5.74, 6) is -2.85. The van der Waals surface area contributed by atoms with Crippen molar-refractivity contribution in [2.45, 2.75) is 37.6 Å². The zero-order valence-electron chi connectivity index (χ0n) is 21.6. The van der Waals surface area contributed by atoms with E-state index in [4.69, 9.17) is 9.84 Å². The molecule has 8 nitrogen and oxygen atoms in total. The fourth-order valence-electron chi connectivity index (χ4n) is 5.02. The molecule has 2 amide bonds. The minimum absolute atomic E-state index is 0.0470. The zero-order chi connectivity index (χ0) is 28.1. The molecule has 1 N–H and O–H groups in total. The van der Waals surface area contributed by atoms with Crippen LogP contribution in [-0.2, 0) is 42.0 Å². The predicted molar refractivity (Wildman–Crippen MR) is 144 cm³/mol. The van der Waals surface area contributed by atoms with Crippen molar-refractivity contribution >= 4 is 40.0 Å².